The Morgan fingerprint density at radius 2 is 1.76 bits per heavy atom. The number of hydrogen-bond donors (Lipinski definition) is 0. The van der Waals surface area contributed by atoms with Gasteiger partial charge in [0.1, 0.15) is 0 Å². The van der Waals surface area contributed by atoms with Crippen LogP contribution in [0.5, 0.6) is 0 Å². The molecule has 1 nitrogen and oxygen atoms in total. The fourth-order valence-electron chi connectivity index (χ4n) is 1.87. The quantitative estimate of drug-likeness (QED) is 0.511. The molecular weight excluding hydrogens is 277 g/mol. The van der Waals surface area contributed by atoms with Gasteiger partial charge in [0.2, 0.25) is 0 Å². The first kappa shape index (κ1) is 17.2. The van der Waals surface area contributed by atoms with E-state index in [1.807, 2.05) is 30.3 Å². The Kier molecular flexibility index (Phi) is 6.40. The Bertz CT molecular complexity index is 525. The van der Waals surface area contributed by atoms with Crippen LogP contribution in [0.3, 0.4) is 0 Å². The lowest BCUT2D eigenvalue weighted by atomic mass is 9.99. The molecule has 0 aliphatic rings. The summed E-state index contributed by atoms with van der Waals surface area (Å²) in [6.45, 7) is 3.24. The Morgan fingerprint density at radius 3 is 2.29 bits per heavy atom. The molecule has 0 radical (unpaired) electrons. The summed E-state index contributed by atoms with van der Waals surface area (Å²) in [6, 6.07) is 9.47. The van der Waals surface area contributed by atoms with Gasteiger partial charge in [0.25, 0.3) is 5.78 Å². The highest BCUT2D eigenvalue weighted by atomic mass is 19.4. The first-order valence-corrected chi connectivity index (χ1v) is 6.90. The van der Waals surface area contributed by atoms with Crippen LogP contribution in [-0.4, -0.2) is 12.0 Å². The van der Waals surface area contributed by atoms with Crippen LogP contribution in [0, 0.1) is 0 Å². The lowest BCUT2D eigenvalue weighted by molar-refractivity contribution is -0.166. The molecule has 0 aliphatic carbocycles. The Balaban J connectivity index is 3.01. The normalized spacial score (nSPS) is 13.4. The van der Waals surface area contributed by atoms with Crippen molar-refractivity contribution in [2.24, 2.45) is 0 Å². The van der Waals surface area contributed by atoms with E-state index in [0.717, 1.165) is 30.4 Å². The second-order valence-electron chi connectivity index (χ2n) is 4.84. The second-order valence-corrected chi connectivity index (χ2v) is 4.84. The Hall–Kier alpha value is -1.84. The molecule has 21 heavy (non-hydrogen) atoms. The van der Waals surface area contributed by atoms with Gasteiger partial charge in [0.05, 0.1) is 0 Å². The van der Waals surface area contributed by atoms with Gasteiger partial charge in [-0.3, -0.25) is 4.79 Å². The maximum Gasteiger partial charge on any atom is 0.454 e. The molecule has 0 amide bonds. The SMILES string of the molecule is CCCC/C(=C/C=C(\C)C(=O)C(F)(F)F)c1ccccc1. The van der Waals surface area contributed by atoms with Crippen molar-refractivity contribution in [2.45, 2.75) is 39.3 Å². The van der Waals surface area contributed by atoms with Crippen LogP contribution in [0.2, 0.25) is 0 Å². The van der Waals surface area contributed by atoms with Gasteiger partial charge in [-0.25, -0.2) is 0 Å². The maximum atomic E-state index is 12.3. The third-order valence-corrected chi connectivity index (χ3v) is 3.09. The van der Waals surface area contributed by atoms with Crippen LogP contribution >= 0.6 is 0 Å². The fourth-order valence-corrected chi connectivity index (χ4v) is 1.87. The van der Waals surface area contributed by atoms with Crippen molar-refractivity contribution >= 4 is 11.4 Å². The largest absolute Gasteiger partial charge is 0.454 e. The average Bonchev–Trinajstić information content (AvgIpc) is 2.46. The summed E-state index contributed by atoms with van der Waals surface area (Å²) in [6.07, 6.45) is 0.766. The monoisotopic (exact) mass is 296 g/mol. The molecule has 1 rings (SSSR count). The molecule has 0 N–H and O–H groups in total. The van der Waals surface area contributed by atoms with Crippen molar-refractivity contribution in [2.75, 3.05) is 0 Å². The zero-order valence-corrected chi connectivity index (χ0v) is 12.2. The van der Waals surface area contributed by atoms with Gasteiger partial charge in [0.15, 0.2) is 0 Å². The molecule has 1 aromatic carbocycles. The van der Waals surface area contributed by atoms with Crippen molar-refractivity contribution in [3.63, 3.8) is 0 Å². The van der Waals surface area contributed by atoms with Crippen LogP contribution in [0.15, 0.2) is 48.1 Å². The van der Waals surface area contributed by atoms with Gasteiger partial charge in [-0.15, -0.1) is 0 Å². The summed E-state index contributed by atoms with van der Waals surface area (Å²) < 4.78 is 37.0. The number of rotatable bonds is 6. The van der Waals surface area contributed by atoms with Crippen molar-refractivity contribution < 1.29 is 18.0 Å². The van der Waals surface area contributed by atoms with Crippen molar-refractivity contribution in [3.05, 3.63) is 53.6 Å². The van der Waals surface area contributed by atoms with Gasteiger partial charge in [0, 0.05) is 5.57 Å². The van der Waals surface area contributed by atoms with E-state index in [1.54, 1.807) is 6.08 Å². The molecule has 4 heteroatoms. The van der Waals surface area contributed by atoms with E-state index in [-0.39, 0.29) is 5.57 Å². The molecular formula is C17H19F3O. The molecule has 0 bridgehead atoms. The van der Waals surface area contributed by atoms with Crippen molar-refractivity contribution in [3.8, 4) is 0 Å². The van der Waals surface area contributed by atoms with Crippen LogP contribution in [0.25, 0.3) is 5.57 Å². The lowest BCUT2D eigenvalue weighted by Crippen LogP contribution is -2.23. The minimum absolute atomic E-state index is 0.299. The summed E-state index contributed by atoms with van der Waals surface area (Å²) in [5.41, 5.74) is 1.61. The molecule has 0 aliphatic heterocycles. The van der Waals surface area contributed by atoms with Gasteiger partial charge >= 0.3 is 6.18 Å². The minimum Gasteiger partial charge on any atom is -0.284 e. The second kappa shape index (κ2) is 7.81. The molecule has 0 heterocycles. The van der Waals surface area contributed by atoms with Crippen LogP contribution < -0.4 is 0 Å². The van der Waals surface area contributed by atoms with Crippen LogP contribution in [0.1, 0.15) is 38.7 Å². The number of ketones is 1. The summed E-state index contributed by atoms with van der Waals surface area (Å²) in [5, 5.41) is 0. The third-order valence-electron chi connectivity index (χ3n) is 3.09. The number of benzene rings is 1. The van der Waals surface area contributed by atoms with E-state index in [9.17, 15) is 18.0 Å². The molecule has 0 unspecified atom stereocenters. The van der Waals surface area contributed by atoms with E-state index in [2.05, 4.69) is 6.92 Å². The fraction of sp³-hybridized carbons (Fsp3) is 0.353. The average molecular weight is 296 g/mol. The topological polar surface area (TPSA) is 17.1 Å². The summed E-state index contributed by atoms with van der Waals surface area (Å²) in [7, 11) is 0. The van der Waals surface area contributed by atoms with Gasteiger partial charge < -0.3 is 0 Å². The van der Waals surface area contributed by atoms with E-state index in [4.69, 9.17) is 0 Å². The summed E-state index contributed by atoms with van der Waals surface area (Å²) in [5.74, 6) is -1.79. The van der Waals surface area contributed by atoms with Crippen LogP contribution in [0.4, 0.5) is 13.2 Å². The number of allylic oxidation sites excluding steroid dienone is 4. The number of carbonyl (C=O) groups is 1. The van der Waals surface area contributed by atoms with E-state index in [1.165, 1.54) is 13.0 Å². The zero-order chi connectivity index (χ0) is 15.9. The van der Waals surface area contributed by atoms with Gasteiger partial charge in [-0.05, 0) is 30.9 Å². The number of hydrogen-bond acceptors (Lipinski definition) is 1. The van der Waals surface area contributed by atoms with Crippen LogP contribution in [-0.2, 0) is 4.79 Å². The molecule has 0 atom stereocenters. The molecule has 114 valence electrons. The van der Waals surface area contributed by atoms with E-state index < -0.39 is 12.0 Å². The number of carbonyl (C=O) groups excluding carboxylic acids is 1. The number of Topliss-reactive ketones (excluding diaryl/α,β-unsaturated/α-hetero) is 1. The highest BCUT2D eigenvalue weighted by Crippen LogP contribution is 2.23. The number of unbranched alkanes of at least 4 members (excludes halogenated alkanes) is 1. The molecule has 0 aromatic heterocycles. The maximum absolute atomic E-state index is 12.3. The molecule has 0 fully saturated rings. The smallest absolute Gasteiger partial charge is 0.284 e. The predicted molar refractivity (Wildman–Crippen MR) is 78.8 cm³/mol. The van der Waals surface area contributed by atoms with E-state index in [0.29, 0.717) is 0 Å². The Labute approximate surface area is 123 Å². The summed E-state index contributed by atoms with van der Waals surface area (Å²) in [4.78, 5) is 11.1. The lowest BCUT2D eigenvalue weighted by Gasteiger charge is -2.07. The molecule has 0 spiro atoms. The first-order chi connectivity index (χ1) is 9.86. The number of alkyl halides is 3. The van der Waals surface area contributed by atoms with E-state index >= 15 is 0 Å². The standard InChI is InChI=1S/C17H19F3O/c1-3-4-8-15(14-9-6-5-7-10-14)12-11-13(2)16(21)17(18,19)20/h5-7,9-12H,3-4,8H2,1-2H3/b13-11+,15-12-. The molecule has 0 saturated carbocycles. The minimum atomic E-state index is -4.81. The zero-order valence-electron chi connectivity index (χ0n) is 12.2. The van der Waals surface area contributed by atoms with Gasteiger partial charge in [-0.2, -0.15) is 13.2 Å². The highest BCUT2D eigenvalue weighted by Gasteiger charge is 2.38. The summed E-state index contributed by atoms with van der Waals surface area (Å²) >= 11 is 0. The van der Waals surface area contributed by atoms with Crippen molar-refractivity contribution in [1.82, 2.24) is 0 Å². The highest BCUT2D eigenvalue weighted by molar-refractivity contribution is 5.99. The molecule has 0 saturated heterocycles. The number of halogens is 3. The first-order valence-electron chi connectivity index (χ1n) is 6.90. The van der Waals surface area contributed by atoms with Crippen molar-refractivity contribution in [1.29, 1.82) is 0 Å². The molecule has 1 aromatic rings. The Morgan fingerprint density at radius 1 is 1.14 bits per heavy atom. The predicted octanol–water partition coefficient (Wildman–Crippen LogP) is 5.34. The third kappa shape index (κ3) is 5.58. The van der Waals surface area contributed by atoms with Gasteiger partial charge in [-0.1, -0.05) is 55.8 Å².